The average Bonchev–Trinajstić information content (AvgIpc) is 2.60. The van der Waals surface area contributed by atoms with Gasteiger partial charge in [-0.1, -0.05) is 43.9 Å². The molecule has 0 amide bonds. The lowest BCUT2D eigenvalue weighted by Gasteiger charge is -2.41. The monoisotopic (exact) mass is 347 g/mol. The molecule has 5 atom stereocenters. The van der Waals surface area contributed by atoms with Gasteiger partial charge in [0.2, 0.25) is 0 Å². The van der Waals surface area contributed by atoms with Crippen molar-refractivity contribution in [3.05, 3.63) is 35.6 Å². The molecule has 0 saturated heterocycles. The predicted octanol–water partition coefficient (Wildman–Crippen LogP) is 3.84. The lowest BCUT2D eigenvalue weighted by molar-refractivity contribution is -0.0577. The summed E-state index contributed by atoms with van der Waals surface area (Å²) < 4.78 is 5.60. The minimum Gasteiger partial charge on any atom is -0.508 e. The Morgan fingerprint density at radius 2 is 1.96 bits per heavy atom. The SMILES string of the molecule is CC1=CC(O)=CC(C)C1CC1C=CC(OCO)C(C2CCCCC2)N1. The minimum atomic E-state index is -0.226. The van der Waals surface area contributed by atoms with Gasteiger partial charge in [0.25, 0.3) is 0 Å². The van der Waals surface area contributed by atoms with Crippen LogP contribution in [0.5, 0.6) is 0 Å². The second-order valence-corrected chi connectivity index (χ2v) is 8.02. The standard InChI is InChI=1S/C21H33NO3/c1-14-10-18(24)11-15(2)19(14)12-17-8-9-20(25-13-23)21(22-17)16-6-4-3-5-7-16/h8-11,14,16-17,19-24H,3-7,12-13H2,1-2H3. The van der Waals surface area contributed by atoms with Crippen LogP contribution in [0.1, 0.15) is 52.4 Å². The third-order valence-corrected chi connectivity index (χ3v) is 6.25. The first-order valence-corrected chi connectivity index (χ1v) is 9.84. The number of allylic oxidation sites excluding steroid dienone is 3. The van der Waals surface area contributed by atoms with Crippen molar-refractivity contribution < 1.29 is 14.9 Å². The molecule has 4 nitrogen and oxygen atoms in total. The smallest absolute Gasteiger partial charge is 0.144 e. The third-order valence-electron chi connectivity index (χ3n) is 6.25. The van der Waals surface area contributed by atoms with E-state index in [0.29, 0.717) is 29.6 Å². The highest BCUT2D eigenvalue weighted by Crippen LogP contribution is 2.35. The van der Waals surface area contributed by atoms with Crippen molar-refractivity contribution in [2.75, 3.05) is 6.79 Å². The zero-order chi connectivity index (χ0) is 17.8. The summed E-state index contributed by atoms with van der Waals surface area (Å²) >= 11 is 0. The molecule has 3 rings (SSSR count). The number of nitrogens with one attached hydrogen (secondary N) is 1. The van der Waals surface area contributed by atoms with Gasteiger partial charge in [0.1, 0.15) is 12.6 Å². The van der Waals surface area contributed by atoms with Crippen molar-refractivity contribution >= 4 is 0 Å². The molecule has 0 spiro atoms. The van der Waals surface area contributed by atoms with Crippen molar-refractivity contribution in [3.63, 3.8) is 0 Å². The minimum absolute atomic E-state index is 0.0336. The molecule has 140 valence electrons. The van der Waals surface area contributed by atoms with E-state index in [2.05, 4.69) is 31.3 Å². The van der Waals surface area contributed by atoms with E-state index in [1.807, 2.05) is 12.2 Å². The number of hydrogen-bond donors (Lipinski definition) is 3. The van der Waals surface area contributed by atoms with Crippen LogP contribution < -0.4 is 5.32 Å². The Kier molecular flexibility index (Phi) is 6.37. The number of hydrogen-bond acceptors (Lipinski definition) is 4. The van der Waals surface area contributed by atoms with Crippen molar-refractivity contribution in [1.29, 1.82) is 0 Å². The Balaban J connectivity index is 1.68. The van der Waals surface area contributed by atoms with Gasteiger partial charge in [-0.2, -0.15) is 0 Å². The number of aliphatic hydroxyl groups excluding tert-OH is 2. The summed E-state index contributed by atoms with van der Waals surface area (Å²) in [4.78, 5) is 0. The van der Waals surface area contributed by atoms with E-state index >= 15 is 0 Å². The molecule has 0 bridgehead atoms. The highest BCUT2D eigenvalue weighted by atomic mass is 16.6. The van der Waals surface area contributed by atoms with E-state index in [4.69, 9.17) is 4.74 Å². The molecule has 1 fully saturated rings. The zero-order valence-electron chi connectivity index (χ0n) is 15.5. The van der Waals surface area contributed by atoms with Crippen molar-refractivity contribution in [1.82, 2.24) is 5.32 Å². The molecule has 2 aliphatic carbocycles. The van der Waals surface area contributed by atoms with Crippen LogP contribution in [0.25, 0.3) is 0 Å². The summed E-state index contributed by atoms with van der Waals surface area (Å²) in [6.07, 6.45) is 15.6. The highest BCUT2D eigenvalue weighted by molar-refractivity contribution is 5.26. The van der Waals surface area contributed by atoms with Gasteiger partial charge in [0.05, 0.1) is 6.10 Å². The van der Waals surface area contributed by atoms with Crippen molar-refractivity contribution in [3.8, 4) is 0 Å². The first-order chi connectivity index (χ1) is 12.1. The fourth-order valence-electron chi connectivity index (χ4n) is 4.91. The normalized spacial score (nSPS) is 36.8. The molecule has 25 heavy (non-hydrogen) atoms. The first-order valence-electron chi connectivity index (χ1n) is 9.84. The van der Waals surface area contributed by atoms with Crippen molar-refractivity contribution in [2.24, 2.45) is 17.8 Å². The van der Waals surface area contributed by atoms with Gasteiger partial charge >= 0.3 is 0 Å². The summed E-state index contributed by atoms with van der Waals surface area (Å²) in [6, 6.07) is 0.601. The molecule has 0 aromatic heterocycles. The van der Waals surface area contributed by atoms with E-state index in [1.54, 1.807) is 0 Å². The van der Waals surface area contributed by atoms with E-state index in [-0.39, 0.29) is 18.9 Å². The lowest BCUT2D eigenvalue weighted by atomic mass is 9.76. The maximum Gasteiger partial charge on any atom is 0.144 e. The fraction of sp³-hybridized carbons (Fsp3) is 0.714. The molecule has 0 radical (unpaired) electrons. The fourth-order valence-corrected chi connectivity index (χ4v) is 4.91. The highest BCUT2D eigenvalue weighted by Gasteiger charge is 2.35. The molecule has 1 heterocycles. The van der Waals surface area contributed by atoms with Crippen LogP contribution in [-0.4, -0.2) is 35.2 Å². The summed E-state index contributed by atoms with van der Waals surface area (Å²) in [5, 5.41) is 22.9. The molecule has 0 aromatic rings. The average molecular weight is 347 g/mol. The number of aliphatic hydroxyl groups is 2. The first kappa shape index (κ1) is 18.7. The van der Waals surface area contributed by atoms with Crippen LogP contribution in [0, 0.1) is 17.8 Å². The van der Waals surface area contributed by atoms with Crippen LogP contribution in [0.3, 0.4) is 0 Å². The Morgan fingerprint density at radius 1 is 1.20 bits per heavy atom. The molecular formula is C21H33NO3. The Hall–Kier alpha value is -1.10. The molecule has 1 aliphatic heterocycles. The Labute approximate surface area is 151 Å². The molecule has 3 aliphatic rings. The van der Waals surface area contributed by atoms with E-state index in [9.17, 15) is 10.2 Å². The summed E-state index contributed by atoms with van der Waals surface area (Å²) in [5.74, 6) is 1.81. The molecule has 5 unspecified atom stereocenters. The van der Waals surface area contributed by atoms with Gasteiger partial charge in [-0.15, -0.1) is 0 Å². The Bertz CT molecular complexity index is 533. The quantitative estimate of drug-likeness (QED) is 0.522. The van der Waals surface area contributed by atoms with Crippen LogP contribution >= 0.6 is 0 Å². The molecular weight excluding hydrogens is 314 g/mol. The van der Waals surface area contributed by atoms with Crippen LogP contribution in [0.4, 0.5) is 0 Å². The molecule has 4 heteroatoms. The predicted molar refractivity (Wildman–Crippen MR) is 100 cm³/mol. The van der Waals surface area contributed by atoms with Crippen LogP contribution in [-0.2, 0) is 4.74 Å². The van der Waals surface area contributed by atoms with Gasteiger partial charge in [0.15, 0.2) is 0 Å². The van der Waals surface area contributed by atoms with Crippen LogP contribution in [0.15, 0.2) is 35.6 Å². The maximum atomic E-state index is 9.79. The van der Waals surface area contributed by atoms with Gasteiger partial charge in [-0.05, 0) is 56.1 Å². The van der Waals surface area contributed by atoms with Gasteiger partial charge < -0.3 is 20.3 Å². The molecule has 1 saturated carbocycles. The van der Waals surface area contributed by atoms with Crippen molar-refractivity contribution in [2.45, 2.75) is 70.6 Å². The van der Waals surface area contributed by atoms with E-state index < -0.39 is 0 Å². The summed E-state index contributed by atoms with van der Waals surface area (Å²) in [7, 11) is 0. The lowest BCUT2D eigenvalue weighted by Crippen LogP contribution is -2.53. The largest absolute Gasteiger partial charge is 0.508 e. The second kappa shape index (κ2) is 8.52. The zero-order valence-corrected chi connectivity index (χ0v) is 15.5. The van der Waals surface area contributed by atoms with E-state index in [1.165, 1.54) is 37.7 Å². The molecule has 0 aromatic carbocycles. The summed E-state index contributed by atoms with van der Waals surface area (Å²) in [5.41, 5.74) is 1.26. The topological polar surface area (TPSA) is 61.7 Å². The van der Waals surface area contributed by atoms with Gasteiger partial charge in [-0.3, -0.25) is 0 Å². The van der Waals surface area contributed by atoms with Gasteiger partial charge in [-0.25, -0.2) is 0 Å². The summed E-state index contributed by atoms with van der Waals surface area (Å²) in [6.45, 7) is 4.07. The van der Waals surface area contributed by atoms with Crippen LogP contribution in [0.2, 0.25) is 0 Å². The van der Waals surface area contributed by atoms with Gasteiger partial charge in [0, 0.05) is 12.1 Å². The van der Waals surface area contributed by atoms with E-state index in [0.717, 1.165) is 6.42 Å². The number of rotatable bonds is 5. The molecule has 3 N–H and O–H groups in total. The maximum absolute atomic E-state index is 9.79. The second-order valence-electron chi connectivity index (χ2n) is 8.02. The third kappa shape index (κ3) is 4.55. The number of ether oxygens (including phenoxy) is 1. The Morgan fingerprint density at radius 3 is 2.64 bits per heavy atom.